The second kappa shape index (κ2) is 6.85. The standard InChI is InChI=1S/C9H18N2O.2ClH/c10-8-1-4-11(7-8)9-2-5-12-6-3-9;;/h8-9H,1-7,10H2;2*1H/t8-;;/m1../s1. The zero-order chi connectivity index (χ0) is 8.39. The van der Waals surface area contributed by atoms with Crippen LogP contribution in [0.2, 0.25) is 0 Å². The van der Waals surface area contributed by atoms with E-state index in [1.807, 2.05) is 0 Å². The van der Waals surface area contributed by atoms with Crippen molar-refractivity contribution in [1.29, 1.82) is 0 Å². The van der Waals surface area contributed by atoms with Gasteiger partial charge in [-0.15, -0.1) is 24.8 Å². The molecule has 0 bridgehead atoms. The Labute approximate surface area is 98.2 Å². The quantitative estimate of drug-likeness (QED) is 0.748. The summed E-state index contributed by atoms with van der Waals surface area (Å²) in [5.74, 6) is 0. The van der Waals surface area contributed by atoms with Crippen LogP contribution < -0.4 is 5.73 Å². The molecule has 2 saturated heterocycles. The summed E-state index contributed by atoms with van der Waals surface area (Å²) in [4.78, 5) is 2.53. The molecule has 2 aliphatic heterocycles. The molecule has 5 heteroatoms. The monoisotopic (exact) mass is 242 g/mol. The van der Waals surface area contributed by atoms with E-state index in [1.54, 1.807) is 0 Å². The third-order valence-electron chi connectivity index (χ3n) is 2.96. The van der Waals surface area contributed by atoms with Crippen molar-refractivity contribution in [3.05, 3.63) is 0 Å². The van der Waals surface area contributed by atoms with Crippen LogP contribution in [-0.4, -0.2) is 43.3 Å². The number of rotatable bonds is 1. The molecule has 3 nitrogen and oxygen atoms in total. The Balaban J connectivity index is 0.000000845. The minimum atomic E-state index is 0. The summed E-state index contributed by atoms with van der Waals surface area (Å²) < 4.78 is 5.33. The third-order valence-corrected chi connectivity index (χ3v) is 2.96. The van der Waals surface area contributed by atoms with Gasteiger partial charge in [-0.3, -0.25) is 4.90 Å². The zero-order valence-corrected chi connectivity index (χ0v) is 9.99. The Hall–Kier alpha value is 0.460. The summed E-state index contributed by atoms with van der Waals surface area (Å²) in [5.41, 5.74) is 5.86. The fraction of sp³-hybridized carbons (Fsp3) is 1.00. The molecule has 0 spiro atoms. The molecule has 0 aromatic carbocycles. The zero-order valence-electron chi connectivity index (χ0n) is 8.35. The van der Waals surface area contributed by atoms with Gasteiger partial charge < -0.3 is 10.5 Å². The lowest BCUT2D eigenvalue weighted by Gasteiger charge is -2.30. The maximum absolute atomic E-state index is 5.86. The lowest BCUT2D eigenvalue weighted by molar-refractivity contribution is 0.0420. The van der Waals surface area contributed by atoms with Gasteiger partial charge in [-0.2, -0.15) is 0 Å². The lowest BCUT2D eigenvalue weighted by atomic mass is 10.1. The summed E-state index contributed by atoms with van der Waals surface area (Å²) in [6.45, 7) is 4.18. The van der Waals surface area contributed by atoms with Gasteiger partial charge in [0.05, 0.1) is 0 Å². The molecule has 86 valence electrons. The first-order chi connectivity index (χ1) is 5.86. The van der Waals surface area contributed by atoms with Crippen molar-refractivity contribution < 1.29 is 4.74 Å². The van der Waals surface area contributed by atoms with Gasteiger partial charge in [0.15, 0.2) is 0 Å². The Kier molecular flexibility index (Phi) is 7.08. The molecule has 2 aliphatic rings. The summed E-state index contributed by atoms with van der Waals surface area (Å²) in [6, 6.07) is 1.18. The first kappa shape index (κ1) is 14.5. The molecular formula is C9H20Cl2N2O. The van der Waals surface area contributed by atoms with Crippen LogP contribution in [0.1, 0.15) is 19.3 Å². The van der Waals surface area contributed by atoms with E-state index in [0.717, 1.165) is 25.8 Å². The van der Waals surface area contributed by atoms with Crippen LogP contribution >= 0.6 is 24.8 Å². The fourth-order valence-corrected chi connectivity index (χ4v) is 2.20. The maximum atomic E-state index is 5.86. The minimum Gasteiger partial charge on any atom is -0.381 e. The van der Waals surface area contributed by atoms with E-state index < -0.39 is 0 Å². The van der Waals surface area contributed by atoms with Crippen LogP contribution in [0.4, 0.5) is 0 Å². The number of likely N-dealkylation sites (tertiary alicyclic amines) is 1. The molecule has 0 aliphatic carbocycles. The van der Waals surface area contributed by atoms with E-state index in [1.165, 1.54) is 25.8 Å². The summed E-state index contributed by atoms with van der Waals surface area (Å²) in [7, 11) is 0. The first-order valence-corrected chi connectivity index (χ1v) is 4.93. The van der Waals surface area contributed by atoms with Crippen LogP contribution in [0.5, 0.6) is 0 Å². The average molecular weight is 243 g/mol. The largest absolute Gasteiger partial charge is 0.381 e. The normalized spacial score (nSPS) is 29.4. The van der Waals surface area contributed by atoms with Gasteiger partial charge in [-0.1, -0.05) is 0 Å². The topological polar surface area (TPSA) is 38.5 Å². The predicted octanol–water partition coefficient (Wildman–Crippen LogP) is 1.04. The molecule has 0 aromatic heterocycles. The highest BCUT2D eigenvalue weighted by atomic mass is 35.5. The molecule has 0 aromatic rings. The van der Waals surface area contributed by atoms with Crippen LogP contribution in [0.15, 0.2) is 0 Å². The number of nitrogens with two attached hydrogens (primary N) is 1. The lowest BCUT2D eigenvalue weighted by Crippen LogP contribution is -2.39. The molecule has 2 rings (SSSR count). The van der Waals surface area contributed by atoms with Gasteiger partial charge >= 0.3 is 0 Å². The fourth-order valence-electron chi connectivity index (χ4n) is 2.20. The smallest absolute Gasteiger partial charge is 0.0480 e. The summed E-state index contributed by atoms with van der Waals surface area (Å²) in [6.07, 6.45) is 3.58. The van der Waals surface area contributed by atoms with Gasteiger partial charge in [-0.05, 0) is 19.3 Å². The summed E-state index contributed by atoms with van der Waals surface area (Å²) >= 11 is 0. The molecule has 1 atom stereocenters. The van der Waals surface area contributed by atoms with Gasteiger partial charge in [0.25, 0.3) is 0 Å². The Bertz CT molecular complexity index is 151. The van der Waals surface area contributed by atoms with Gasteiger partial charge in [0, 0.05) is 38.4 Å². The van der Waals surface area contributed by atoms with E-state index in [4.69, 9.17) is 10.5 Å². The third kappa shape index (κ3) is 3.55. The Morgan fingerprint density at radius 2 is 1.71 bits per heavy atom. The number of nitrogens with zero attached hydrogens (tertiary/aromatic N) is 1. The molecule has 2 fully saturated rings. The van der Waals surface area contributed by atoms with Crippen molar-refractivity contribution in [2.75, 3.05) is 26.3 Å². The first-order valence-electron chi connectivity index (χ1n) is 4.93. The Morgan fingerprint density at radius 1 is 1.07 bits per heavy atom. The number of hydrogen-bond donors (Lipinski definition) is 1. The van der Waals surface area contributed by atoms with Crippen molar-refractivity contribution in [2.24, 2.45) is 5.73 Å². The molecule has 0 unspecified atom stereocenters. The highest BCUT2D eigenvalue weighted by Crippen LogP contribution is 2.18. The van der Waals surface area contributed by atoms with Crippen LogP contribution in [0, 0.1) is 0 Å². The predicted molar refractivity (Wildman–Crippen MR) is 62.5 cm³/mol. The molecule has 0 saturated carbocycles. The highest BCUT2D eigenvalue weighted by molar-refractivity contribution is 5.85. The second-order valence-corrected chi connectivity index (χ2v) is 3.89. The molecule has 2 heterocycles. The second-order valence-electron chi connectivity index (χ2n) is 3.89. The van der Waals surface area contributed by atoms with Crippen LogP contribution in [-0.2, 0) is 4.74 Å². The van der Waals surface area contributed by atoms with Gasteiger partial charge in [0.2, 0.25) is 0 Å². The molecule has 14 heavy (non-hydrogen) atoms. The number of hydrogen-bond acceptors (Lipinski definition) is 3. The van der Waals surface area contributed by atoms with E-state index in [9.17, 15) is 0 Å². The SMILES string of the molecule is Cl.Cl.N[C@@H]1CCN(C2CCOCC2)C1. The van der Waals surface area contributed by atoms with E-state index in [-0.39, 0.29) is 24.8 Å². The van der Waals surface area contributed by atoms with Crippen LogP contribution in [0.3, 0.4) is 0 Å². The number of ether oxygens (including phenoxy) is 1. The van der Waals surface area contributed by atoms with Crippen molar-refractivity contribution in [3.8, 4) is 0 Å². The molecule has 0 radical (unpaired) electrons. The van der Waals surface area contributed by atoms with Crippen molar-refractivity contribution in [1.82, 2.24) is 4.90 Å². The van der Waals surface area contributed by atoms with Crippen molar-refractivity contribution >= 4 is 24.8 Å². The van der Waals surface area contributed by atoms with Crippen LogP contribution in [0.25, 0.3) is 0 Å². The van der Waals surface area contributed by atoms with E-state index in [2.05, 4.69) is 4.90 Å². The van der Waals surface area contributed by atoms with E-state index >= 15 is 0 Å². The van der Waals surface area contributed by atoms with E-state index in [0.29, 0.717) is 6.04 Å². The molecule has 0 amide bonds. The summed E-state index contributed by atoms with van der Waals surface area (Å²) in [5, 5.41) is 0. The van der Waals surface area contributed by atoms with Gasteiger partial charge in [-0.25, -0.2) is 0 Å². The molecular weight excluding hydrogens is 223 g/mol. The van der Waals surface area contributed by atoms with Gasteiger partial charge in [0.1, 0.15) is 0 Å². The van der Waals surface area contributed by atoms with Crippen molar-refractivity contribution in [3.63, 3.8) is 0 Å². The Morgan fingerprint density at radius 3 is 2.21 bits per heavy atom. The molecule has 2 N–H and O–H groups in total. The number of halogens is 2. The highest BCUT2D eigenvalue weighted by Gasteiger charge is 2.27. The average Bonchev–Trinajstić information content (AvgIpc) is 2.54. The minimum absolute atomic E-state index is 0. The van der Waals surface area contributed by atoms with Crippen molar-refractivity contribution in [2.45, 2.75) is 31.3 Å². The maximum Gasteiger partial charge on any atom is 0.0480 e.